The van der Waals surface area contributed by atoms with Gasteiger partial charge in [0, 0.05) is 13.1 Å². The zero-order valence-electron chi connectivity index (χ0n) is 14.0. The summed E-state index contributed by atoms with van der Waals surface area (Å²) >= 11 is 0. The Labute approximate surface area is 150 Å². The molecule has 2 amide bonds. The predicted molar refractivity (Wildman–Crippen MR) is 94.4 cm³/mol. The molecule has 2 aliphatic heterocycles. The van der Waals surface area contributed by atoms with Crippen LogP contribution in [0.25, 0.3) is 0 Å². The van der Waals surface area contributed by atoms with Gasteiger partial charge in [-0.05, 0) is 23.8 Å². The van der Waals surface area contributed by atoms with Crippen LogP contribution in [0.3, 0.4) is 0 Å². The van der Waals surface area contributed by atoms with Gasteiger partial charge in [0.1, 0.15) is 18.5 Å². The lowest BCUT2D eigenvalue weighted by Crippen LogP contribution is -2.61. The minimum absolute atomic E-state index is 0.193. The first-order chi connectivity index (χ1) is 12.6. The summed E-state index contributed by atoms with van der Waals surface area (Å²) in [5, 5.41) is 2.72. The fourth-order valence-electron chi connectivity index (χ4n) is 3.35. The number of piperazine rings is 1. The Morgan fingerprint density at radius 1 is 1.19 bits per heavy atom. The van der Waals surface area contributed by atoms with Crippen LogP contribution in [0.5, 0.6) is 0 Å². The number of rotatable bonds is 2. The lowest BCUT2D eigenvalue weighted by Gasteiger charge is -2.44. The first-order valence-corrected chi connectivity index (χ1v) is 8.44. The standard InChI is InChI=1S/C19H18FN3O3/c20-14-6-7-16-15(10-14)21-18(24)17-11-22(8-9-23(16)17)19(25)26-12-13-4-2-1-3-5-13/h1-7,10,17H,8-9,11-12H2,(H,21,24). The summed E-state index contributed by atoms with van der Waals surface area (Å²) in [4.78, 5) is 28.2. The fourth-order valence-corrected chi connectivity index (χ4v) is 3.35. The van der Waals surface area contributed by atoms with Crippen molar-refractivity contribution >= 4 is 23.4 Å². The van der Waals surface area contributed by atoms with Gasteiger partial charge in [-0.2, -0.15) is 0 Å². The number of fused-ring (bicyclic) bond motifs is 3. The SMILES string of the molecule is O=C1Nc2cc(F)ccc2N2CCN(C(=O)OCc3ccccc3)CC12. The zero-order valence-corrected chi connectivity index (χ0v) is 14.0. The van der Waals surface area contributed by atoms with Gasteiger partial charge in [0.15, 0.2) is 0 Å². The summed E-state index contributed by atoms with van der Waals surface area (Å²) in [6.07, 6.45) is -0.439. The highest BCUT2D eigenvalue weighted by Gasteiger charge is 2.39. The molecule has 1 fully saturated rings. The number of nitrogens with one attached hydrogen (secondary N) is 1. The van der Waals surface area contributed by atoms with Crippen molar-refractivity contribution in [2.75, 3.05) is 29.9 Å². The molecule has 2 aromatic rings. The normalized spacial score (nSPS) is 18.7. The molecule has 0 saturated carbocycles. The Hall–Kier alpha value is -3.09. The molecule has 0 spiro atoms. The Bertz CT molecular complexity index is 843. The van der Waals surface area contributed by atoms with Crippen molar-refractivity contribution in [3.63, 3.8) is 0 Å². The van der Waals surface area contributed by atoms with Crippen molar-refractivity contribution in [2.45, 2.75) is 12.6 Å². The van der Waals surface area contributed by atoms with Gasteiger partial charge in [0.05, 0.1) is 17.9 Å². The zero-order chi connectivity index (χ0) is 18.1. The van der Waals surface area contributed by atoms with E-state index in [-0.39, 0.29) is 19.1 Å². The third-order valence-corrected chi connectivity index (χ3v) is 4.67. The quantitative estimate of drug-likeness (QED) is 0.900. The van der Waals surface area contributed by atoms with Crippen molar-refractivity contribution in [1.82, 2.24) is 4.90 Å². The van der Waals surface area contributed by atoms with Gasteiger partial charge < -0.3 is 19.9 Å². The van der Waals surface area contributed by atoms with Gasteiger partial charge in [-0.3, -0.25) is 4.79 Å². The molecule has 2 aliphatic rings. The smallest absolute Gasteiger partial charge is 0.410 e. The summed E-state index contributed by atoms with van der Waals surface area (Å²) in [7, 11) is 0. The molecule has 0 aromatic heterocycles. The molecule has 4 rings (SSSR count). The lowest BCUT2D eigenvalue weighted by atomic mass is 10.0. The number of anilines is 2. The van der Waals surface area contributed by atoms with E-state index >= 15 is 0 Å². The molecular formula is C19H18FN3O3. The van der Waals surface area contributed by atoms with E-state index in [1.807, 2.05) is 35.2 Å². The van der Waals surface area contributed by atoms with Crippen LogP contribution in [-0.4, -0.2) is 42.6 Å². The van der Waals surface area contributed by atoms with Crippen molar-refractivity contribution < 1.29 is 18.7 Å². The highest BCUT2D eigenvalue weighted by Crippen LogP contribution is 2.34. The predicted octanol–water partition coefficient (Wildman–Crippen LogP) is 2.61. The first-order valence-electron chi connectivity index (χ1n) is 8.44. The maximum absolute atomic E-state index is 13.4. The number of hydrogen-bond donors (Lipinski definition) is 1. The van der Waals surface area contributed by atoms with Crippen molar-refractivity contribution in [1.29, 1.82) is 0 Å². The number of amides is 2. The second-order valence-electron chi connectivity index (χ2n) is 6.35. The van der Waals surface area contributed by atoms with E-state index in [1.54, 1.807) is 6.07 Å². The number of ether oxygens (including phenoxy) is 1. The maximum atomic E-state index is 13.4. The van der Waals surface area contributed by atoms with E-state index in [1.165, 1.54) is 17.0 Å². The molecule has 1 atom stereocenters. The van der Waals surface area contributed by atoms with Gasteiger partial charge >= 0.3 is 6.09 Å². The molecule has 134 valence electrons. The summed E-state index contributed by atoms with van der Waals surface area (Å²) in [6, 6.07) is 13.3. The van der Waals surface area contributed by atoms with E-state index in [0.29, 0.717) is 18.8 Å². The van der Waals surface area contributed by atoms with Crippen LogP contribution < -0.4 is 10.2 Å². The molecule has 1 unspecified atom stereocenters. The van der Waals surface area contributed by atoms with Gasteiger partial charge in [-0.1, -0.05) is 30.3 Å². The molecule has 1 saturated heterocycles. The fraction of sp³-hybridized carbons (Fsp3) is 0.263. The summed E-state index contributed by atoms with van der Waals surface area (Å²) < 4.78 is 18.8. The molecular weight excluding hydrogens is 337 g/mol. The van der Waals surface area contributed by atoms with Crippen LogP contribution in [0.4, 0.5) is 20.6 Å². The molecule has 0 aliphatic carbocycles. The third-order valence-electron chi connectivity index (χ3n) is 4.67. The van der Waals surface area contributed by atoms with Crippen LogP contribution in [0.1, 0.15) is 5.56 Å². The summed E-state index contributed by atoms with van der Waals surface area (Å²) in [5.41, 5.74) is 2.14. The third kappa shape index (κ3) is 3.08. The van der Waals surface area contributed by atoms with Crippen molar-refractivity contribution in [3.8, 4) is 0 Å². The largest absolute Gasteiger partial charge is 0.445 e. The molecule has 26 heavy (non-hydrogen) atoms. The average molecular weight is 355 g/mol. The number of carbonyl (C=O) groups excluding carboxylic acids is 2. The van der Waals surface area contributed by atoms with Gasteiger partial charge in [-0.25, -0.2) is 9.18 Å². The van der Waals surface area contributed by atoms with Gasteiger partial charge in [-0.15, -0.1) is 0 Å². The molecule has 2 heterocycles. The molecule has 0 radical (unpaired) electrons. The summed E-state index contributed by atoms with van der Waals surface area (Å²) in [5.74, 6) is -0.644. The summed E-state index contributed by atoms with van der Waals surface area (Å²) in [6.45, 7) is 1.35. The van der Waals surface area contributed by atoms with Crippen LogP contribution in [0.15, 0.2) is 48.5 Å². The molecule has 0 bridgehead atoms. The monoisotopic (exact) mass is 355 g/mol. The number of hydrogen-bond acceptors (Lipinski definition) is 4. The van der Waals surface area contributed by atoms with Crippen molar-refractivity contribution in [2.24, 2.45) is 0 Å². The molecule has 6 nitrogen and oxygen atoms in total. The highest BCUT2D eigenvalue weighted by atomic mass is 19.1. The molecule has 1 N–H and O–H groups in total. The van der Waals surface area contributed by atoms with Crippen LogP contribution in [0, 0.1) is 5.82 Å². The van der Waals surface area contributed by atoms with Crippen molar-refractivity contribution in [3.05, 3.63) is 59.9 Å². The first kappa shape index (κ1) is 16.4. The Balaban J connectivity index is 1.43. The van der Waals surface area contributed by atoms with Crippen LogP contribution in [-0.2, 0) is 16.1 Å². The second kappa shape index (κ2) is 6.67. The molecule has 7 heteroatoms. The van der Waals surface area contributed by atoms with E-state index in [0.717, 1.165) is 11.3 Å². The Morgan fingerprint density at radius 2 is 2.00 bits per heavy atom. The Kier molecular flexibility index (Phi) is 4.20. The topological polar surface area (TPSA) is 61.9 Å². The highest BCUT2D eigenvalue weighted by molar-refractivity contribution is 6.04. The Morgan fingerprint density at radius 3 is 2.81 bits per heavy atom. The van der Waals surface area contributed by atoms with Gasteiger partial charge in [0.25, 0.3) is 0 Å². The van der Waals surface area contributed by atoms with Gasteiger partial charge in [0.2, 0.25) is 5.91 Å². The molecule has 2 aromatic carbocycles. The van der Waals surface area contributed by atoms with E-state index in [9.17, 15) is 14.0 Å². The number of carbonyl (C=O) groups is 2. The number of halogens is 1. The van der Waals surface area contributed by atoms with E-state index < -0.39 is 18.0 Å². The number of benzene rings is 2. The van der Waals surface area contributed by atoms with Crippen LogP contribution in [0.2, 0.25) is 0 Å². The minimum Gasteiger partial charge on any atom is -0.445 e. The lowest BCUT2D eigenvalue weighted by molar-refractivity contribution is -0.118. The average Bonchev–Trinajstić information content (AvgIpc) is 2.66. The number of nitrogens with zero attached hydrogens (tertiary/aromatic N) is 2. The maximum Gasteiger partial charge on any atom is 0.410 e. The van der Waals surface area contributed by atoms with E-state index in [2.05, 4.69) is 5.32 Å². The minimum atomic E-state index is -0.508. The second-order valence-corrected chi connectivity index (χ2v) is 6.35. The van der Waals surface area contributed by atoms with E-state index in [4.69, 9.17) is 4.74 Å². The van der Waals surface area contributed by atoms with Crippen LogP contribution >= 0.6 is 0 Å².